The lowest BCUT2D eigenvalue weighted by Gasteiger charge is -2.09. The van der Waals surface area contributed by atoms with Crippen molar-refractivity contribution < 1.29 is 21.6 Å². The van der Waals surface area contributed by atoms with Crippen molar-refractivity contribution in [1.29, 1.82) is 0 Å². The number of hydrogen-bond donors (Lipinski definition) is 0. The predicted molar refractivity (Wildman–Crippen MR) is 67.8 cm³/mol. The number of benzene rings is 1. The van der Waals surface area contributed by atoms with Crippen molar-refractivity contribution in [2.24, 2.45) is 0 Å². The van der Waals surface area contributed by atoms with Crippen LogP contribution in [0.3, 0.4) is 0 Å². The fourth-order valence-electron chi connectivity index (χ4n) is 1.61. The molecule has 2 aromatic rings. The Balaban J connectivity index is 2.79. The summed E-state index contributed by atoms with van der Waals surface area (Å²) in [4.78, 5) is -1.49. The minimum absolute atomic E-state index is 0.162. The quantitative estimate of drug-likeness (QED) is 0.768. The van der Waals surface area contributed by atoms with Gasteiger partial charge in [0.05, 0.1) is 0 Å². The number of thiophene rings is 1. The Hall–Kier alpha value is -1.05. The summed E-state index contributed by atoms with van der Waals surface area (Å²) in [6.45, 7) is 0. The molecule has 2 rings (SSSR count). The van der Waals surface area contributed by atoms with Crippen LogP contribution in [-0.4, -0.2) is 8.42 Å². The highest BCUT2D eigenvalue weighted by Crippen LogP contribution is 2.45. The summed E-state index contributed by atoms with van der Waals surface area (Å²) < 4.78 is 61.5. The van der Waals surface area contributed by atoms with Gasteiger partial charge in [0.25, 0.3) is 9.05 Å². The average molecular weight is 327 g/mol. The van der Waals surface area contributed by atoms with E-state index in [-0.39, 0.29) is 5.56 Å². The minimum atomic E-state index is -4.63. The normalized spacial score (nSPS) is 12.6. The summed E-state index contributed by atoms with van der Waals surface area (Å²) in [7, 11) is 0.950. The van der Waals surface area contributed by atoms with Crippen molar-refractivity contribution in [3.63, 3.8) is 0 Å². The molecule has 0 atom stereocenters. The maximum Gasteiger partial charge on any atom is 0.426 e. The molecule has 0 N–H and O–H groups in total. The Kier molecular flexibility index (Phi) is 3.63. The molecule has 0 fully saturated rings. The molecule has 1 heterocycles. The zero-order valence-electron chi connectivity index (χ0n) is 9.11. The average Bonchev–Trinajstić information content (AvgIpc) is 2.73. The molecule has 102 valence electrons. The van der Waals surface area contributed by atoms with Crippen LogP contribution in [0, 0.1) is 0 Å². The van der Waals surface area contributed by atoms with Gasteiger partial charge in [-0.1, -0.05) is 30.3 Å². The molecular formula is C11H6ClF3O2S2. The molecule has 0 aliphatic rings. The third-order valence-electron chi connectivity index (χ3n) is 2.34. The van der Waals surface area contributed by atoms with Crippen LogP contribution in [0.15, 0.2) is 40.6 Å². The molecule has 0 saturated heterocycles. The topological polar surface area (TPSA) is 34.1 Å². The Labute approximate surface area is 115 Å². The first-order valence-electron chi connectivity index (χ1n) is 4.90. The van der Waals surface area contributed by atoms with Crippen molar-refractivity contribution in [2.45, 2.75) is 11.1 Å². The van der Waals surface area contributed by atoms with E-state index in [1.807, 2.05) is 0 Å². The van der Waals surface area contributed by atoms with Gasteiger partial charge in [-0.15, -0.1) is 11.3 Å². The Bertz CT molecular complexity index is 690. The maximum atomic E-state index is 12.9. The van der Waals surface area contributed by atoms with E-state index in [0.29, 0.717) is 11.3 Å². The van der Waals surface area contributed by atoms with Gasteiger partial charge in [0.1, 0.15) is 9.77 Å². The second kappa shape index (κ2) is 4.81. The van der Waals surface area contributed by atoms with Crippen molar-refractivity contribution in [1.82, 2.24) is 0 Å². The highest BCUT2D eigenvalue weighted by Gasteiger charge is 2.38. The highest BCUT2D eigenvalue weighted by atomic mass is 35.7. The lowest BCUT2D eigenvalue weighted by molar-refractivity contribution is -0.133. The molecule has 1 aromatic carbocycles. The van der Waals surface area contributed by atoms with Gasteiger partial charge in [0, 0.05) is 21.6 Å². The van der Waals surface area contributed by atoms with Gasteiger partial charge in [0.2, 0.25) is 0 Å². The van der Waals surface area contributed by atoms with Gasteiger partial charge in [0.15, 0.2) is 0 Å². The molecule has 19 heavy (non-hydrogen) atoms. The predicted octanol–water partition coefficient (Wildman–Crippen LogP) is 4.36. The third kappa shape index (κ3) is 2.93. The molecule has 0 spiro atoms. The molecular weight excluding hydrogens is 321 g/mol. The number of halogens is 4. The minimum Gasteiger partial charge on any atom is -0.207 e. The second-order valence-electron chi connectivity index (χ2n) is 3.61. The van der Waals surface area contributed by atoms with E-state index in [4.69, 9.17) is 10.7 Å². The molecule has 2 nitrogen and oxygen atoms in total. The summed E-state index contributed by atoms with van der Waals surface area (Å²) in [5, 5.41) is 0.910. The molecule has 0 bridgehead atoms. The standard InChI is InChI=1S/C11H6ClF3O2S2/c12-19(16,17)8-6-18-10(11(13,14)15)9(8)7-4-2-1-3-5-7/h1-6H. The molecule has 0 aliphatic heterocycles. The molecule has 0 aliphatic carbocycles. The SMILES string of the molecule is O=S(=O)(Cl)c1csc(C(F)(F)F)c1-c1ccccc1. The summed E-state index contributed by atoms with van der Waals surface area (Å²) in [6, 6.07) is 7.49. The summed E-state index contributed by atoms with van der Waals surface area (Å²) in [5.74, 6) is 0. The van der Waals surface area contributed by atoms with E-state index in [9.17, 15) is 21.6 Å². The first-order chi connectivity index (χ1) is 8.71. The molecule has 0 radical (unpaired) electrons. The zero-order chi connectivity index (χ0) is 14.3. The van der Waals surface area contributed by atoms with Gasteiger partial charge >= 0.3 is 6.18 Å². The van der Waals surface area contributed by atoms with Gasteiger partial charge in [-0.05, 0) is 5.56 Å². The Morgan fingerprint density at radius 2 is 1.68 bits per heavy atom. The number of alkyl halides is 3. The summed E-state index contributed by atoms with van der Waals surface area (Å²) in [6.07, 6.45) is -4.63. The van der Waals surface area contributed by atoms with E-state index in [1.54, 1.807) is 6.07 Å². The fourth-order valence-corrected chi connectivity index (χ4v) is 4.12. The van der Waals surface area contributed by atoms with Crippen LogP contribution in [-0.2, 0) is 15.2 Å². The monoisotopic (exact) mass is 326 g/mol. The molecule has 0 amide bonds. The van der Waals surface area contributed by atoms with Crippen LogP contribution in [0.2, 0.25) is 0 Å². The van der Waals surface area contributed by atoms with E-state index in [1.165, 1.54) is 24.3 Å². The fraction of sp³-hybridized carbons (Fsp3) is 0.0909. The van der Waals surface area contributed by atoms with Crippen molar-refractivity contribution in [2.75, 3.05) is 0 Å². The van der Waals surface area contributed by atoms with Crippen LogP contribution < -0.4 is 0 Å². The van der Waals surface area contributed by atoms with Crippen LogP contribution >= 0.6 is 22.0 Å². The lowest BCUT2D eigenvalue weighted by Crippen LogP contribution is -2.05. The largest absolute Gasteiger partial charge is 0.426 e. The van der Waals surface area contributed by atoms with E-state index in [0.717, 1.165) is 5.38 Å². The van der Waals surface area contributed by atoms with Crippen molar-refractivity contribution in [3.8, 4) is 11.1 Å². The highest BCUT2D eigenvalue weighted by molar-refractivity contribution is 8.14. The maximum absolute atomic E-state index is 12.9. The van der Waals surface area contributed by atoms with E-state index < -0.39 is 30.6 Å². The number of hydrogen-bond acceptors (Lipinski definition) is 3. The zero-order valence-corrected chi connectivity index (χ0v) is 11.5. The first-order valence-corrected chi connectivity index (χ1v) is 8.09. The van der Waals surface area contributed by atoms with E-state index in [2.05, 4.69) is 0 Å². The first kappa shape index (κ1) is 14.4. The molecule has 0 saturated carbocycles. The summed E-state index contributed by atoms with van der Waals surface area (Å²) >= 11 is 0.316. The molecule has 8 heteroatoms. The smallest absolute Gasteiger partial charge is 0.207 e. The molecule has 1 aromatic heterocycles. The number of rotatable bonds is 2. The van der Waals surface area contributed by atoms with Gasteiger partial charge in [-0.3, -0.25) is 0 Å². The van der Waals surface area contributed by atoms with Gasteiger partial charge in [-0.2, -0.15) is 13.2 Å². The lowest BCUT2D eigenvalue weighted by atomic mass is 10.1. The molecule has 0 unspecified atom stereocenters. The van der Waals surface area contributed by atoms with Crippen LogP contribution in [0.25, 0.3) is 11.1 Å². The Morgan fingerprint density at radius 1 is 1.11 bits per heavy atom. The second-order valence-corrected chi connectivity index (χ2v) is 7.02. The van der Waals surface area contributed by atoms with Gasteiger partial charge < -0.3 is 0 Å². The summed E-state index contributed by atoms with van der Waals surface area (Å²) in [5.41, 5.74) is -0.233. The van der Waals surface area contributed by atoms with Crippen LogP contribution in [0.4, 0.5) is 13.2 Å². The van der Waals surface area contributed by atoms with Crippen LogP contribution in [0.5, 0.6) is 0 Å². The third-order valence-corrected chi connectivity index (χ3v) is 4.86. The van der Waals surface area contributed by atoms with E-state index >= 15 is 0 Å². The van der Waals surface area contributed by atoms with Crippen molar-refractivity contribution in [3.05, 3.63) is 40.6 Å². The van der Waals surface area contributed by atoms with Gasteiger partial charge in [-0.25, -0.2) is 8.42 Å². The van der Waals surface area contributed by atoms with Crippen LogP contribution in [0.1, 0.15) is 4.88 Å². The van der Waals surface area contributed by atoms with Crippen molar-refractivity contribution >= 4 is 31.1 Å². The Morgan fingerprint density at radius 3 is 2.16 bits per heavy atom.